The summed E-state index contributed by atoms with van der Waals surface area (Å²) in [6.07, 6.45) is 8.47. The average Bonchev–Trinajstić information content (AvgIpc) is 2.86. The van der Waals surface area contributed by atoms with Gasteiger partial charge in [-0.15, -0.1) is 0 Å². The van der Waals surface area contributed by atoms with Gasteiger partial charge in [0.05, 0.1) is 22.9 Å². The Balaban J connectivity index is 1.97. The van der Waals surface area contributed by atoms with Crippen LogP contribution in [-0.4, -0.2) is 19.7 Å². The number of rotatable bonds is 3. The quantitative estimate of drug-likeness (QED) is 0.719. The van der Waals surface area contributed by atoms with Crippen molar-refractivity contribution in [2.24, 2.45) is 5.92 Å². The van der Waals surface area contributed by atoms with Crippen molar-refractivity contribution >= 4 is 11.0 Å². The first-order chi connectivity index (χ1) is 9.22. The summed E-state index contributed by atoms with van der Waals surface area (Å²) in [5.41, 5.74) is 4.07. The molecule has 96 valence electrons. The number of aromatic nitrogens is 4. The van der Waals surface area contributed by atoms with Crippen LogP contribution in [0.15, 0.2) is 43.0 Å². The van der Waals surface area contributed by atoms with E-state index in [9.17, 15) is 0 Å². The van der Waals surface area contributed by atoms with Crippen molar-refractivity contribution in [1.82, 2.24) is 19.7 Å². The molecule has 0 aliphatic rings. The van der Waals surface area contributed by atoms with Gasteiger partial charge in [-0.2, -0.15) is 5.10 Å². The van der Waals surface area contributed by atoms with Crippen LogP contribution in [0, 0.1) is 5.92 Å². The number of benzene rings is 1. The largest absolute Gasteiger partial charge is 0.253 e. The van der Waals surface area contributed by atoms with Crippen molar-refractivity contribution in [3.05, 3.63) is 48.5 Å². The molecule has 0 saturated carbocycles. The van der Waals surface area contributed by atoms with Crippen LogP contribution in [0.5, 0.6) is 0 Å². The Hall–Kier alpha value is -2.23. The second kappa shape index (κ2) is 4.80. The highest BCUT2D eigenvalue weighted by Crippen LogP contribution is 2.15. The van der Waals surface area contributed by atoms with Gasteiger partial charge in [0, 0.05) is 18.6 Å². The van der Waals surface area contributed by atoms with Crippen molar-refractivity contribution in [2.75, 3.05) is 0 Å². The fourth-order valence-electron chi connectivity index (χ4n) is 2.17. The van der Waals surface area contributed by atoms with E-state index in [-0.39, 0.29) is 0 Å². The molecule has 0 unspecified atom stereocenters. The Kier molecular flexibility index (Phi) is 2.99. The molecule has 4 heteroatoms. The van der Waals surface area contributed by atoms with E-state index in [1.54, 1.807) is 12.4 Å². The Bertz CT molecular complexity index is 700. The Morgan fingerprint density at radius 3 is 2.68 bits per heavy atom. The van der Waals surface area contributed by atoms with Crippen LogP contribution in [0.2, 0.25) is 0 Å². The molecule has 0 spiro atoms. The summed E-state index contributed by atoms with van der Waals surface area (Å²) >= 11 is 0. The highest BCUT2D eigenvalue weighted by Gasteiger charge is 2.04. The Morgan fingerprint density at radius 2 is 1.89 bits per heavy atom. The van der Waals surface area contributed by atoms with Crippen LogP contribution in [0.4, 0.5) is 0 Å². The molecule has 4 nitrogen and oxygen atoms in total. The van der Waals surface area contributed by atoms with Gasteiger partial charge in [-0.3, -0.25) is 9.97 Å². The van der Waals surface area contributed by atoms with Crippen molar-refractivity contribution < 1.29 is 0 Å². The van der Waals surface area contributed by atoms with Crippen molar-refractivity contribution in [3.8, 4) is 5.69 Å². The highest BCUT2D eigenvalue weighted by atomic mass is 15.3. The first-order valence-electron chi connectivity index (χ1n) is 6.47. The minimum Gasteiger partial charge on any atom is -0.253 e. The van der Waals surface area contributed by atoms with E-state index in [0.717, 1.165) is 23.1 Å². The number of hydrogen-bond acceptors (Lipinski definition) is 3. The standard InChI is InChI=1S/C15H16N4/c1-11(2)7-12-9-18-19(10-12)13-3-4-14-15(8-13)17-6-5-16-14/h3-6,8-11H,7H2,1-2H3. The van der Waals surface area contributed by atoms with E-state index in [2.05, 4.69) is 35.1 Å². The van der Waals surface area contributed by atoms with Crippen molar-refractivity contribution in [2.45, 2.75) is 20.3 Å². The monoisotopic (exact) mass is 252 g/mol. The zero-order chi connectivity index (χ0) is 13.2. The molecule has 3 rings (SSSR count). The third kappa shape index (κ3) is 2.47. The first kappa shape index (κ1) is 11.8. The molecular formula is C15H16N4. The topological polar surface area (TPSA) is 43.6 Å². The van der Waals surface area contributed by atoms with Crippen LogP contribution in [0.3, 0.4) is 0 Å². The van der Waals surface area contributed by atoms with Gasteiger partial charge in [0.1, 0.15) is 0 Å². The van der Waals surface area contributed by atoms with Crippen LogP contribution in [0.25, 0.3) is 16.7 Å². The summed E-state index contributed by atoms with van der Waals surface area (Å²) in [5.74, 6) is 0.639. The second-order valence-electron chi connectivity index (χ2n) is 5.12. The molecule has 0 atom stereocenters. The maximum atomic E-state index is 4.41. The van der Waals surface area contributed by atoms with Crippen molar-refractivity contribution in [3.63, 3.8) is 0 Å². The summed E-state index contributed by atoms with van der Waals surface area (Å²) in [7, 11) is 0. The molecule has 0 saturated heterocycles. The first-order valence-corrected chi connectivity index (χ1v) is 6.47. The molecule has 0 amide bonds. The SMILES string of the molecule is CC(C)Cc1cnn(-c2ccc3nccnc3c2)c1. The van der Waals surface area contributed by atoms with Gasteiger partial charge in [-0.1, -0.05) is 13.8 Å². The summed E-state index contributed by atoms with van der Waals surface area (Å²) in [6, 6.07) is 6.00. The molecule has 3 aromatic rings. The molecule has 0 aliphatic heterocycles. The van der Waals surface area contributed by atoms with E-state index < -0.39 is 0 Å². The fourth-order valence-corrected chi connectivity index (χ4v) is 2.17. The highest BCUT2D eigenvalue weighted by molar-refractivity contribution is 5.76. The Labute approximate surface area is 112 Å². The average molecular weight is 252 g/mol. The molecule has 19 heavy (non-hydrogen) atoms. The summed E-state index contributed by atoms with van der Waals surface area (Å²) in [5, 5.41) is 4.41. The molecule has 2 aromatic heterocycles. The van der Waals surface area contributed by atoms with Gasteiger partial charge in [0.2, 0.25) is 0 Å². The summed E-state index contributed by atoms with van der Waals surface area (Å²) in [6.45, 7) is 4.42. The zero-order valence-electron chi connectivity index (χ0n) is 11.1. The van der Waals surface area contributed by atoms with Crippen LogP contribution >= 0.6 is 0 Å². The van der Waals surface area contributed by atoms with Crippen LogP contribution in [0.1, 0.15) is 19.4 Å². The molecule has 0 bridgehead atoms. The molecule has 0 aliphatic carbocycles. The van der Waals surface area contributed by atoms with Gasteiger partial charge in [-0.25, -0.2) is 4.68 Å². The Morgan fingerprint density at radius 1 is 1.11 bits per heavy atom. The van der Waals surface area contributed by atoms with Crippen LogP contribution in [-0.2, 0) is 6.42 Å². The van der Waals surface area contributed by atoms with Crippen molar-refractivity contribution in [1.29, 1.82) is 0 Å². The minimum atomic E-state index is 0.639. The van der Waals surface area contributed by atoms with Gasteiger partial charge in [0.15, 0.2) is 0 Å². The number of fused-ring (bicyclic) bond motifs is 1. The van der Waals surface area contributed by atoms with Gasteiger partial charge < -0.3 is 0 Å². The fraction of sp³-hybridized carbons (Fsp3) is 0.267. The molecule has 1 aromatic carbocycles. The lowest BCUT2D eigenvalue weighted by Gasteiger charge is -2.03. The molecule has 0 radical (unpaired) electrons. The minimum absolute atomic E-state index is 0.639. The van der Waals surface area contributed by atoms with Gasteiger partial charge >= 0.3 is 0 Å². The second-order valence-corrected chi connectivity index (χ2v) is 5.12. The predicted molar refractivity (Wildman–Crippen MR) is 75.2 cm³/mol. The predicted octanol–water partition coefficient (Wildman–Crippen LogP) is 3.01. The lowest BCUT2D eigenvalue weighted by Crippen LogP contribution is -1.95. The van der Waals surface area contributed by atoms with E-state index in [1.165, 1.54) is 5.56 Å². The van der Waals surface area contributed by atoms with Crippen LogP contribution < -0.4 is 0 Å². The lowest BCUT2D eigenvalue weighted by atomic mass is 10.1. The zero-order valence-corrected chi connectivity index (χ0v) is 11.1. The van der Waals surface area contributed by atoms with E-state index >= 15 is 0 Å². The van der Waals surface area contributed by atoms with Gasteiger partial charge in [0.25, 0.3) is 0 Å². The molecular weight excluding hydrogens is 236 g/mol. The third-order valence-electron chi connectivity index (χ3n) is 3.00. The van der Waals surface area contributed by atoms with E-state index in [4.69, 9.17) is 0 Å². The molecule has 0 N–H and O–H groups in total. The number of nitrogens with zero attached hydrogens (tertiary/aromatic N) is 4. The van der Waals surface area contributed by atoms with Gasteiger partial charge in [-0.05, 0) is 36.1 Å². The maximum absolute atomic E-state index is 4.41. The third-order valence-corrected chi connectivity index (χ3v) is 3.00. The molecule has 2 heterocycles. The lowest BCUT2D eigenvalue weighted by molar-refractivity contribution is 0.647. The van der Waals surface area contributed by atoms with E-state index in [1.807, 2.05) is 29.1 Å². The number of hydrogen-bond donors (Lipinski definition) is 0. The normalized spacial score (nSPS) is 11.3. The molecule has 0 fully saturated rings. The maximum Gasteiger partial charge on any atom is 0.0908 e. The summed E-state index contributed by atoms with van der Waals surface area (Å²) < 4.78 is 1.89. The van der Waals surface area contributed by atoms with E-state index in [0.29, 0.717) is 5.92 Å². The summed E-state index contributed by atoms with van der Waals surface area (Å²) in [4.78, 5) is 8.59. The smallest absolute Gasteiger partial charge is 0.0908 e.